The van der Waals surface area contributed by atoms with Crippen LogP contribution in [0.4, 0.5) is 5.69 Å². The maximum Gasteiger partial charge on any atom is 0.251 e. The summed E-state index contributed by atoms with van der Waals surface area (Å²) in [6, 6.07) is 11.2. The Balaban J connectivity index is 1.61. The maximum absolute atomic E-state index is 12.0. The zero-order chi connectivity index (χ0) is 16.8. The number of nitrogens with one attached hydrogen (secondary N) is 2. The van der Waals surface area contributed by atoms with Gasteiger partial charge >= 0.3 is 0 Å². The number of aromatic nitrogens is 2. The molecule has 1 amide bonds. The van der Waals surface area contributed by atoms with Gasteiger partial charge < -0.3 is 15.2 Å². The molecule has 1 aromatic carbocycles. The Labute approximate surface area is 143 Å². The van der Waals surface area contributed by atoms with Crippen LogP contribution in [0, 0.1) is 0 Å². The van der Waals surface area contributed by atoms with Crippen molar-refractivity contribution < 1.29 is 9.32 Å². The summed E-state index contributed by atoms with van der Waals surface area (Å²) < 4.78 is 5.24. The molecule has 0 unspecified atom stereocenters. The Hall–Kier alpha value is -2.67. The first kappa shape index (κ1) is 16.2. The second kappa shape index (κ2) is 7.74. The average Bonchev–Trinajstić information content (AvgIpc) is 3.29. The number of thiophene rings is 1. The zero-order valence-electron chi connectivity index (χ0n) is 13.3. The van der Waals surface area contributed by atoms with Gasteiger partial charge in [0.1, 0.15) is 0 Å². The van der Waals surface area contributed by atoms with Crippen molar-refractivity contribution in [3.63, 3.8) is 0 Å². The fraction of sp³-hybridized carbons (Fsp3) is 0.235. The largest absolute Gasteiger partial charge is 0.376 e. The molecule has 0 saturated carbocycles. The maximum atomic E-state index is 12.0. The number of anilines is 1. The molecule has 3 rings (SSSR count). The summed E-state index contributed by atoms with van der Waals surface area (Å²) in [6.07, 6.45) is 0.910. The number of hydrogen-bond donors (Lipinski definition) is 2. The predicted octanol–water partition coefficient (Wildman–Crippen LogP) is 3.55. The fourth-order valence-electron chi connectivity index (χ4n) is 2.12. The summed E-state index contributed by atoms with van der Waals surface area (Å²) in [4.78, 5) is 17.3. The van der Waals surface area contributed by atoms with Crippen LogP contribution in [0.25, 0.3) is 10.7 Å². The highest BCUT2D eigenvalue weighted by Crippen LogP contribution is 2.21. The van der Waals surface area contributed by atoms with Gasteiger partial charge in [0.25, 0.3) is 5.91 Å². The monoisotopic (exact) mass is 342 g/mol. The molecule has 0 atom stereocenters. The molecule has 0 aliphatic rings. The molecule has 0 bridgehead atoms. The van der Waals surface area contributed by atoms with Gasteiger partial charge in [-0.3, -0.25) is 4.79 Å². The Kier molecular flexibility index (Phi) is 5.22. The summed E-state index contributed by atoms with van der Waals surface area (Å²) in [5.74, 6) is 1.02. The van der Waals surface area contributed by atoms with E-state index in [2.05, 4.69) is 20.8 Å². The van der Waals surface area contributed by atoms with Gasteiger partial charge in [-0.25, -0.2) is 0 Å². The molecule has 0 spiro atoms. The van der Waals surface area contributed by atoms with Gasteiger partial charge in [0, 0.05) is 17.8 Å². The molecule has 124 valence electrons. The van der Waals surface area contributed by atoms with Crippen LogP contribution >= 0.6 is 11.3 Å². The van der Waals surface area contributed by atoms with Gasteiger partial charge in [-0.2, -0.15) is 4.98 Å². The van der Waals surface area contributed by atoms with Crippen LogP contribution in [-0.2, 0) is 6.54 Å². The first-order valence-corrected chi connectivity index (χ1v) is 8.63. The molecule has 0 radical (unpaired) electrons. The van der Waals surface area contributed by atoms with Crippen molar-refractivity contribution in [2.45, 2.75) is 19.9 Å². The summed E-state index contributed by atoms with van der Waals surface area (Å²) in [7, 11) is 0. The van der Waals surface area contributed by atoms with E-state index in [-0.39, 0.29) is 5.91 Å². The van der Waals surface area contributed by atoms with Gasteiger partial charge in [-0.1, -0.05) is 24.2 Å². The van der Waals surface area contributed by atoms with E-state index >= 15 is 0 Å². The van der Waals surface area contributed by atoms with Crippen molar-refractivity contribution in [3.8, 4) is 10.7 Å². The van der Waals surface area contributed by atoms with Crippen LogP contribution in [0.3, 0.4) is 0 Å². The topological polar surface area (TPSA) is 80.0 Å². The van der Waals surface area contributed by atoms with Crippen molar-refractivity contribution in [2.24, 2.45) is 0 Å². The minimum atomic E-state index is -0.0710. The second-order valence-corrected chi connectivity index (χ2v) is 6.13. The van der Waals surface area contributed by atoms with Crippen molar-refractivity contribution >= 4 is 22.9 Å². The Bertz CT molecular complexity index is 799. The molecule has 3 aromatic rings. The van der Waals surface area contributed by atoms with E-state index in [1.807, 2.05) is 42.6 Å². The van der Waals surface area contributed by atoms with E-state index in [1.165, 1.54) is 0 Å². The van der Waals surface area contributed by atoms with Crippen molar-refractivity contribution in [1.29, 1.82) is 0 Å². The number of nitrogens with zero attached hydrogens (tertiary/aromatic N) is 2. The predicted molar refractivity (Wildman–Crippen MR) is 94.0 cm³/mol. The lowest BCUT2D eigenvalue weighted by molar-refractivity contribution is 0.0953. The number of amides is 1. The van der Waals surface area contributed by atoms with E-state index in [1.54, 1.807) is 17.4 Å². The Morgan fingerprint density at radius 3 is 3.00 bits per heavy atom. The van der Waals surface area contributed by atoms with E-state index < -0.39 is 0 Å². The smallest absolute Gasteiger partial charge is 0.251 e. The third-order valence-electron chi connectivity index (χ3n) is 3.31. The first-order valence-electron chi connectivity index (χ1n) is 7.75. The zero-order valence-corrected chi connectivity index (χ0v) is 14.1. The molecule has 2 N–H and O–H groups in total. The van der Waals surface area contributed by atoms with Crippen molar-refractivity contribution in [1.82, 2.24) is 15.5 Å². The van der Waals surface area contributed by atoms with Crippen LogP contribution in [0.2, 0.25) is 0 Å². The van der Waals surface area contributed by atoms with Crippen LogP contribution in [-0.4, -0.2) is 22.6 Å². The molecule has 0 aliphatic heterocycles. The third-order valence-corrected chi connectivity index (χ3v) is 4.18. The van der Waals surface area contributed by atoms with Crippen molar-refractivity contribution in [2.75, 3.05) is 11.9 Å². The Morgan fingerprint density at radius 2 is 2.21 bits per heavy atom. The quantitative estimate of drug-likeness (QED) is 0.686. The molecule has 7 heteroatoms. The third kappa shape index (κ3) is 3.99. The van der Waals surface area contributed by atoms with E-state index in [0.29, 0.717) is 30.4 Å². The molecule has 0 saturated heterocycles. The molecule has 0 aliphatic carbocycles. The Morgan fingerprint density at radius 1 is 1.29 bits per heavy atom. The van der Waals surface area contributed by atoms with Crippen LogP contribution < -0.4 is 10.6 Å². The lowest BCUT2D eigenvalue weighted by Crippen LogP contribution is -2.23. The molecule has 2 heterocycles. The number of carbonyl (C=O) groups excluding carboxylic acids is 1. The average molecular weight is 342 g/mol. The molecular formula is C17H18N4O2S. The number of benzene rings is 1. The van der Waals surface area contributed by atoms with Gasteiger partial charge in [0.05, 0.1) is 11.4 Å². The highest BCUT2D eigenvalue weighted by Gasteiger charge is 2.10. The lowest BCUT2D eigenvalue weighted by atomic mass is 10.2. The fourth-order valence-corrected chi connectivity index (χ4v) is 2.77. The minimum absolute atomic E-state index is 0.0710. The normalized spacial score (nSPS) is 10.5. The SMILES string of the molecule is CCCNC(=O)c1cccc(NCc2nc(-c3cccs3)no2)c1. The lowest BCUT2D eigenvalue weighted by Gasteiger charge is -2.07. The van der Waals surface area contributed by atoms with Gasteiger partial charge in [-0.05, 0) is 36.1 Å². The van der Waals surface area contributed by atoms with Gasteiger partial charge in [0.2, 0.25) is 11.7 Å². The minimum Gasteiger partial charge on any atom is -0.376 e. The summed E-state index contributed by atoms with van der Waals surface area (Å²) >= 11 is 1.57. The summed E-state index contributed by atoms with van der Waals surface area (Å²) in [5.41, 5.74) is 1.45. The highest BCUT2D eigenvalue weighted by atomic mass is 32.1. The van der Waals surface area contributed by atoms with Crippen LogP contribution in [0.15, 0.2) is 46.3 Å². The second-order valence-electron chi connectivity index (χ2n) is 5.18. The van der Waals surface area contributed by atoms with E-state index in [4.69, 9.17) is 4.52 Å². The molecule has 0 fully saturated rings. The number of hydrogen-bond acceptors (Lipinski definition) is 6. The summed E-state index contributed by atoms with van der Waals surface area (Å²) in [5, 5.41) is 12.0. The number of rotatable bonds is 7. The molecular weight excluding hydrogens is 324 g/mol. The van der Waals surface area contributed by atoms with Crippen molar-refractivity contribution in [3.05, 3.63) is 53.2 Å². The summed E-state index contributed by atoms with van der Waals surface area (Å²) in [6.45, 7) is 3.09. The number of carbonyl (C=O) groups is 1. The van der Waals surface area contributed by atoms with E-state index in [0.717, 1.165) is 17.0 Å². The van der Waals surface area contributed by atoms with Crippen LogP contribution in [0.5, 0.6) is 0 Å². The van der Waals surface area contributed by atoms with Gasteiger partial charge in [-0.15, -0.1) is 11.3 Å². The van der Waals surface area contributed by atoms with E-state index in [9.17, 15) is 4.79 Å². The first-order chi connectivity index (χ1) is 11.8. The van der Waals surface area contributed by atoms with Crippen LogP contribution in [0.1, 0.15) is 29.6 Å². The standard InChI is InChI=1S/C17H18N4O2S/c1-2-8-18-17(22)12-5-3-6-13(10-12)19-11-15-20-16(21-23-15)14-7-4-9-24-14/h3-7,9-10,19H,2,8,11H2,1H3,(H,18,22). The van der Waals surface area contributed by atoms with Gasteiger partial charge in [0.15, 0.2) is 0 Å². The molecule has 2 aromatic heterocycles. The molecule has 6 nitrogen and oxygen atoms in total. The molecule has 24 heavy (non-hydrogen) atoms. The highest BCUT2D eigenvalue weighted by molar-refractivity contribution is 7.13.